The van der Waals surface area contributed by atoms with Crippen LogP contribution in [-0.4, -0.2) is 31.4 Å². The molecule has 1 atom stereocenters. The lowest BCUT2D eigenvalue weighted by Gasteiger charge is -2.13. The highest BCUT2D eigenvalue weighted by Crippen LogP contribution is 2.17. The number of unbranched alkanes of at least 4 members (excludes halogenated alkanes) is 1. The van der Waals surface area contributed by atoms with Crippen molar-refractivity contribution in [1.82, 2.24) is 5.32 Å². The summed E-state index contributed by atoms with van der Waals surface area (Å²) >= 11 is 0. The van der Waals surface area contributed by atoms with Crippen molar-refractivity contribution < 1.29 is 18.6 Å². The van der Waals surface area contributed by atoms with Crippen molar-refractivity contribution in [2.75, 3.05) is 26.3 Å². The van der Waals surface area contributed by atoms with Crippen LogP contribution >= 0.6 is 0 Å². The van der Waals surface area contributed by atoms with Gasteiger partial charge in [0, 0.05) is 31.4 Å². The topological polar surface area (TPSA) is 41.5 Å². The van der Waals surface area contributed by atoms with Crippen molar-refractivity contribution in [1.29, 1.82) is 0 Å². The summed E-state index contributed by atoms with van der Waals surface area (Å²) in [4.78, 5) is 0. The normalized spacial score (nSPS) is 12.6. The van der Waals surface area contributed by atoms with Crippen molar-refractivity contribution in [3.8, 4) is 0 Å². The predicted octanol–water partition coefficient (Wildman–Crippen LogP) is 2.79. The highest BCUT2D eigenvalue weighted by Gasteiger charge is 2.12. The molecule has 0 saturated heterocycles. The van der Waals surface area contributed by atoms with Gasteiger partial charge in [-0.1, -0.05) is 19.4 Å². The number of benzene rings is 1. The molecular formula is C15H23F2NO2. The maximum atomic E-state index is 13.4. The van der Waals surface area contributed by atoms with Gasteiger partial charge < -0.3 is 15.2 Å². The largest absolute Gasteiger partial charge is 0.387 e. The van der Waals surface area contributed by atoms with Gasteiger partial charge in [-0.15, -0.1) is 0 Å². The van der Waals surface area contributed by atoms with Gasteiger partial charge >= 0.3 is 0 Å². The molecule has 0 aliphatic rings. The van der Waals surface area contributed by atoms with E-state index in [2.05, 4.69) is 12.2 Å². The van der Waals surface area contributed by atoms with Gasteiger partial charge in [-0.2, -0.15) is 0 Å². The van der Waals surface area contributed by atoms with Gasteiger partial charge in [0.05, 0.1) is 6.10 Å². The van der Waals surface area contributed by atoms with E-state index in [4.69, 9.17) is 4.74 Å². The Bertz CT molecular complexity index is 388. The standard InChI is InChI=1S/C15H23F2NO2/c1-2-3-8-20-9-4-7-18-11-15(19)13-6-5-12(16)10-14(13)17/h5-6,10,15,18-19H,2-4,7-9,11H2,1H3. The lowest BCUT2D eigenvalue weighted by molar-refractivity contribution is 0.126. The molecule has 0 aliphatic heterocycles. The molecule has 0 fully saturated rings. The second kappa shape index (κ2) is 9.80. The Kier molecular flexibility index (Phi) is 8.34. The van der Waals surface area contributed by atoms with Crippen LogP contribution in [0.4, 0.5) is 8.78 Å². The van der Waals surface area contributed by atoms with Crippen LogP contribution in [0.3, 0.4) is 0 Å². The second-order valence-corrected chi connectivity index (χ2v) is 4.71. The van der Waals surface area contributed by atoms with E-state index in [1.165, 1.54) is 6.07 Å². The molecule has 1 aromatic rings. The molecule has 5 heteroatoms. The molecule has 114 valence electrons. The molecule has 2 N–H and O–H groups in total. The van der Waals surface area contributed by atoms with Gasteiger partial charge in [0.1, 0.15) is 11.6 Å². The van der Waals surface area contributed by atoms with Crippen molar-refractivity contribution in [2.45, 2.75) is 32.3 Å². The van der Waals surface area contributed by atoms with E-state index in [0.29, 0.717) is 13.2 Å². The number of aliphatic hydroxyl groups is 1. The molecule has 1 aromatic carbocycles. The fourth-order valence-corrected chi connectivity index (χ4v) is 1.77. The molecule has 1 unspecified atom stereocenters. The minimum absolute atomic E-state index is 0.109. The first-order valence-electron chi connectivity index (χ1n) is 7.06. The van der Waals surface area contributed by atoms with Gasteiger partial charge in [-0.05, 0) is 25.5 Å². The summed E-state index contributed by atoms with van der Waals surface area (Å²) in [5, 5.41) is 12.8. The fraction of sp³-hybridized carbons (Fsp3) is 0.600. The highest BCUT2D eigenvalue weighted by atomic mass is 19.1. The summed E-state index contributed by atoms with van der Waals surface area (Å²) in [6.45, 7) is 4.48. The third-order valence-corrected chi connectivity index (χ3v) is 2.94. The Morgan fingerprint density at radius 1 is 1.25 bits per heavy atom. The van der Waals surface area contributed by atoms with Crippen LogP contribution in [-0.2, 0) is 4.74 Å². The number of hydrogen-bond donors (Lipinski definition) is 2. The average molecular weight is 287 g/mol. The summed E-state index contributed by atoms with van der Waals surface area (Å²) in [7, 11) is 0. The quantitative estimate of drug-likeness (QED) is 0.650. The van der Waals surface area contributed by atoms with Gasteiger partial charge in [0.2, 0.25) is 0 Å². The average Bonchev–Trinajstić information content (AvgIpc) is 2.41. The Balaban J connectivity index is 2.15. The van der Waals surface area contributed by atoms with Crippen LogP contribution < -0.4 is 5.32 Å². The smallest absolute Gasteiger partial charge is 0.131 e. The van der Waals surface area contributed by atoms with Gasteiger partial charge in [-0.3, -0.25) is 0 Å². The van der Waals surface area contributed by atoms with Crippen molar-refractivity contribution in [2.24, 2.45) is 0 Å². The zero-order valence-corrected chi connectivity index (χ0v) is 11.9. The number of nitrogens with one attached hydrogen (secondary N) is 1. The van der Waals surface area contributed by atoms with Gasteiger partial charge in [0.15, 0.2) is 0 Å². The number of ether oxygens (including phenoxy) is 1. The molecule has 20 heavy (non-hydrogen) atoms. The summed E-state index contributed by atoms with van der Waals surface area (Å²) in [5.74, 6) is -1.36. The first kappa shape index (κ1) is 17.0. The maximum Gasteiger partial charge on any atom is 0.131 e. The maximum absolute atomic E-state index is 13.4. The monoisotopic (exact) mass is 287 g/mol. The van der Waals surface area contributed by atoms with Crippen LogP contribution in [0.25, 0.3) is 0 Å². The zero-order valence-electron chi connectivity index (χ0n) is 11.9. The molecule has 0 saturated carbocycles. The van der Waals surface area contributed by atoms with E-state index >= 15 is 0 Å². The molecule has 1 rings (SSSR count). The Morgan fingerprint density at radius 2 is 2.00 bits per heavy atom. The van der Waals surface area contributed by atoms with Crippen LogP contribution in [0.15, 0.2) is 18.2 Å². The number of hydrogen-bond acceptors (Lipinski definition) is 3. The molecule has 0 aromatic heterocycles. The summed E-state index contributed by atoms with van der Waals surface area (Å²) in [6.07, 6.45) is 2.04. The zero-order chi connectivity index (χ0) is 14.8. The van der Waals surface area contributed by atoms with Crippen LogP contribution in [0.1, 0.15) is 37.9 Å². The number of rotatable bonds is 10. The molecule has 0 bridgehead atoms. The molecule has 0 aliphatic carbocycles. The molecule has 0 spiro atoms. The summed E-state index contributed by atoms with van der Waals surface area (Å²) in [6, 6.07) is 3.19. The predicted molar refractivity (Wildman–Crippen MR) is 74.5 cm³/mol. The van der Waals surface area contributed by atoms with E-state index < -0.39 is 17.7 Å². The van der Waals surface area contributed by atoms with Crippen molar-refractivity contribution >= 4 is 0 Å². The van der Waals surface area contributed by atoms with Crippen LogP contribution in [0.5, 0.6) is 0 Å². The van der Waals surface area contributed by atoms with Crippen LogP contribution in [0.2, 0.25) is 0 Å². The first-order chi connectivity index (χ1) is 9.65. The minimum atomic E-state index is -0.975. The third-order valence-electron chi connectivity index (χ3n) is 2.94. The van der Waals surface area contributed by atoms with Gasteiger partial charge in [-0.25, -0.2) is 8.78 Å². The molecule has 0 radical (unpaired) electrons. The molecule has 3 nitrogen and oxygen atoms in total. The number of aliphatic hydroxyl groups excluding tert-OH is 1. The highest BCUT2D eigenvalue weighted by molar-refractivity contribution is 5.21. The third kappa shape index (κ3) is 6.41. The SMILES string of the molecule is CCCCOCCCNCC(O)c1ccc(F)cc1F. The van der Waals surface area contributed by atoms with E-state index in [9.17, 15) is 13.9 Å². The fourth-order valence-electron chi connectivity index (χ4n) is 1.77. The van der Waals surface area contributed by atoms with Gasteiger partial charge in [0.25, 0.3) is 0 Å². The second-order valence-electron chi connectivity index (χ2n) is 4.71. The van der Waals surface area contributed by atoms with E-state index in [0.717, 1.165) is 38.0 Å². The molecular weight excluding hydrogens is 264 g/mol. The summed E-state index contributed by atoms with van der Waals surface area (Å²) in [5.41, 5.74) is 0.109. The Morgan fingerprint density at radius 3 is 2.70 bits per heavy atom. The minimum Gasteiger partial charge on any atom is -0.387 e. The van der Waals surface area contributed by atoms with E-state index in [-0.39, 0.29) is 12.1 Å². The first-order valence-corrected chi connectivity index (χ1v) is 7.06. The van der Waals surface area contributed by atoms with E-state index in [1.807, 2.05) is 0 Å². The van der Waals surface area contributed by atoms with Crippen molar-refractivity contribution in [3.63, 3.8) is 0 Å². The molecule has 0 amide bonds. The van der Waals surface area contributed by atoms with E-state index in [1.54, 1.807) is 0 Å². The Hall–Kier alpha value is -1.04. The lowest BCUT2D eigenvalue weighted by Crippen LogP contribution is -2.24. The Labute approximate surface area is 119 Å². The van der Waals surface area contributed by atoms with Crippen molar-refractivity contribution in [3.05, 3.63) is 35.4 Å². The summed E-state index contributed by atoms with van der Waals surface area (Å²) < 4.78 is 31.5. The number of halogens is 2. The lowest BCUT2D eigenvalue weighted by atomic mass is 10.1. The molecule has 0 heterocycles. The van der Waals surface area contributed by atoms with Crippen LogP contribution in [0, 0.1) is 11.6 Å².